The number of fused-ring (bicyclic) bond motifs is 1. The van der Waals surface area contributed by atoms with Crippen LogP contribution in [0.15, 0.2) is 36.4 Å². The van der Waals surface area contributed by atoms with Gasteiger partial charge in [-0.2, -0.15) is 0 Å². The number of hydrogen-bond acceptors (Lipinski definition) is 5. The van der Waals surface area contributed by atoms with E-state index in [-0.39, 0.29) is 23.5 Å². The number of carbonyl (C=O) groups is 1. The number of aromatic nitrogens is 2. The van der Waals surface area contributed by atoms with Crippen molar-refractivity contribution in [3.63, 3.8) is 0 Å². The molecule has 0 aliphatic carbocycles. The van der Waals surface area contributed by atoms with Crippen LogP contribution in [0.2, 0.25) is 5.02 Å². The minimum atomic E-state index is -0.501. The lowest BCUT2D eigenvalue weighted by molar-refractivity contribution is -0.122. The lowest BCUT2D eigenvalue weighted by Gasteiger charge is -2.26. The summed E-state index contributed by atoms with van der Waals surface area (Å²) in [5, 5.41) is 2.91. The zero-order chi connectivity index (χ0) is 24.1. The van der Waals surface area contributed by atoms with Gasteiger partial charge in [-0.3, -0.25) is 9.69 Å². The summed E-state index contributed by atoms with van der Waals surface area (Å²) in [5.41, 5.74) is 2.11. The van der Waals surface area contributed by atoms with E-state index in [1.807, 2.05) is 36.6 Å². The molecule has 9 heteroatoms. The number of hydrogen-bond donors (Lipinski definition) is 1. The van der Waals surface area contributed by atoms with E-state index >= 15 is 0 Å². The first-order valence-corrected chi connectivity index (χ1v) is 12.0. The number of nitrogens with zero attached hydrogens (tertiary/aromatic N) is 3. The highest BCUT2D eigenvalue weighted by molar-refractivity contribution is 6.31. The van der Waals surface area contributed by atoms with Crippen LogP contribution in [0.25, 0.3) is 22.4 Å². The van der Waals surface area contributed by atoms with Gasteiger partial charge in [0, 0.05) is 37.3 Å². The molecule has 34 heavy (non-hydrogen) atoms. The molecule has 4 rings (SSSR count). The molecule has 0 unspecified atom stereocenters. The van der Waals surface area contributed by atoms with Gasteiger partial charge in [-0.25, -0.2) is 9.37 Å². The maximum Gasteiger partial charge on any atom is 0.240 e. The van der Waals surface area contributed by atoms with Crippen LogP contribution in [0.5, 0.6) is 5.75 Å². The van der Waals surface area contributed by atoms with E-state index in [0.717, 1.165) is 50.5 Å². The molecule has 1 saturated heterocycles. The lowest BCUT2D eigenvalue weighted by atomic mass is 10.2. The number of morpholine rings is 1. The first-order chi connectivity index (χ1) is 16.4. The fourth-order valence-corrected chi connectivity index (χ4v) is 4.21. The number of carbonyl (C=O) groups excluding carboxylic acids is 1. The minimum Gasteiger partial charge on any atom is -0.493 e. The number of amides is 1. The van der Waals surface area contributed by atoms with Crippen molar-refractivity contribution in [2.75, 3.05) is 39.5 Å². The highest BCUT2D eigenvalue weighted by Crippen LogP contribution is 2.30. The van der Waals surface area contributed by atoms with Crippen LogP contribution in [0.4, 0.5) is 4.39 Å². The predicted molar refractivity (Wildman–Crippen MR) is 131 cm³/mol. The lowest BCUT2D eigenvalue weighted by Crippen LogP contribution is -2.37. The topological polar surface area (TPSA) is 68.6 Å². The Morgan fingerprint density at radius 2 is 2.03 bits per heavy atom. The molecule has 0 spiro atoms. The number of rotatable bonds is 9. The molecule has 0 radical (unpaired) electrons. The Labute approximate surface area is 203 Å². The van der Waals surface area contributed by atoms with Gasteiger partial charge in [0.15, 0.2) is 0 Å². The summed E-state index contributed by atoms with van der Waals surface area (Å²) in [7, 11) is 0. The maximum absolute atomic E-state index is 13.7. The van der Waals surface area contributed by atoms with Crippen molar-refractivity contribution in [2.24, 2.45) is 0 Å². The van der Waals surface area contributed by atoms with Gasteiger partial charge in [-0.1, -0.05) is 11.6 Å². The van der Waals surface area contributed by atoms with E-state index in [0.29, 0.717) is 23.5 Å². The van der Waals surface area contributed by atoms with Crippen LogP contribution in [0, 0.1) is 5.82 Å². The minimum absolute atomic E-state index is 0.00651. The smallest absolute Gasteiger partial charge is 0.240 e. The third kappa shape index (κ3) is 6.05. The van der Waals surface area contributed by atoms with E-state index in [4.69, 9.17) is 26.1 Å². The molecular formula is C25H30ClFN4O3. The van der Waals surface area contributed by atoms with E-state index in [1.165, 1.54) is 12.1 Å². The van der Waals surface area contributed by atoms with E-state index in [2.05, 4.69) is 10.2 Å². The van der Waals surface area contributed by atoms with E-state index in [9.17, 15) is 9.18 Å². The third-order valence-electron chi connectivity index (χ3n) is 5.64. The normalized spacial score (nSPS) is 14.6. The zero-order valence-electron chi connectivity index (χ0n) is 19.5. The van der Waals surface area contributed by atoms with Crippen LogP contribution < -0.4 is 10.1 Å². The Balaban J connectivity index is 1.54. The molecule has 0 atom stereocenters. The average molecular weight is 489 g/mol. The van der Waals surface area contributed by atoms with Crippen LogP contribution in [-0.2, 0) is 16.1 Å². The summed E-state index contributed by atoms with van der Waals surface area (Å²) in [6.07, 6.45) is 0.918. The molecule has 0 bridgehead atoms. The fourth-order valence-electron chi connectivity index (χ4n) is 4.03. The third-order valence-corrected chi connectivity index (χ3v) is 5.93. The predicted octanol–water partition coefficient (Wildman–Crippen LogP) is 4.12. The van der Waals surface area contributed by atoms with Gasteiger partial charge in [0.25, 0.3) is 0 Å². The van der Waals surface area contributed by atoms with Gasteiger partial charge in [0.2, 0.25) is 5.91 Å². The summed E-state index contributed by atoms with van der Waals surface area (Å²) < 4.78 is 26.9. The second-order valence-electron chi connectivity index (χ2n) is 8.68. The number of imidazole rings is 1. The first-order valence-electron chi connectivity index (χ1n) is 11.6. The van der Waals surface area contributed by atoms with E-state index in [1.54, 1.807) is 6.07 Å². The summed E-state index contributed by atoms with van der Waals surface area (Å²) in [4.78, 5) is 19.7. The van der Waals surface area contributed by atoms with E-state index < -0.39 is 5.82 Å². The standard InChI is InChI=1S/C25H30ClFN4O3/c1-17(2)28-24(32)16-31-23-7-5-19(34-11-3-8-30-9-12-33-13-10-30)15-22(23)29-25(31)18-4-6-21(27)20(26)14-18/h4-7,14-15,17H,3,8-13,16H2,1-2H3,(H,28,32). The molecule has 1 aliphatic heterocycles. The number of benzene rings is 2. The number of nitrogens with one attached hydrogen (secondary N) is 1. The van der Waals surface area contributed by atoms with Crippen molar-refractivity contribution in [3.8, 4) is 17.1 Å². The molecule has 2 heterocycles. The molecule has 3 aromatic rings. The number of halogens is 2. The molecule has 7 nitrogen and oxygen atoms in total. The Kier molecular flexibility index (Phi) is 8.03. The van der Waals surface area contributed by atoms with Crippen molar-refractivity contribution >= 4 is 28.5 Å². The van der Waals surface area contributed by atoms with Crippen LogP contribution in [-0.4, -0.2) is 65.9 Å². The molecule has 182 valence electrons. The van der Waals surface area contributed by atoms with Crippen molar-refractivity contribution < 1.29 is 18.7 Å². The Bertz CT molecular complexity index is 1140. The Hall–Kier alpha value is -2.68. The molecule has 0 saturated carbocycles. The monoisotopic (exact) mass is 488 g/mol. The van der Waals surface area contributed by atoms with Crippen molar-refractivity contribution in [1.29, 1.82) is 0 Å². The molecular weight excluding hydrogens is 459 g/mol. The fraction of sp³-hybridized carbons (Fsp3) is 0.440. The van der Waals surface area contributed by atoms with Gasteiger partial charge >= 0.3 is 0 Å². The largest absolute Gasteiger partial charge is 0.493 e. The van der Waals surface area contributed by atoms with Crippen molar-refractivity contribution in [2.45, 2.75) is 32.9 Å². The van der Waals surface area contributed by atoms with Crippen LogP contribution in [0.1, 0.15) is 20.3 Å². The second-order valence-corrected chi connectivity index (χ2v) is 9.09. The Morgan fingerprint density at radius 1 is 1.24 bits per heavy atom. The highest BCUT2D eigenvalue weighted by Gasteiger charge is 2.18. The van der Waals surface area contributed by atoms with Gasteiger partial charge in [0.1, 0.15) is 23.9 Å². The summed E-state index contributed by atoms with van der Waals surface area (Å²) in [5.74, 6) is 0.625. The molecule has 1 fully saturated rings. The number of ether oxygens (including phenoxy) is 2. The van der Waals surface area contributed by atoms with Crippen molar-refractivity contribution in [1.82, 2.24) is 19.8 Å². The van der Waals surface area contributed by atoms with Gasteiger partial charge < -0.3 is 19.4 Å². The maximum atomic E-state index is 13.7. The SMILES string of the molecule is CC(C)NC(=O)Cn1c(-c2ccc(F)c(Cl)c2)nc2cc(OCCCN3CCOCC3)ccc21. The Morgan fingerprint density at radius 3 is 2.76 bits per heavy atom. The average Bonchev–Trinajstić information content (AvgIpc) is 3.16. The van der Waals surface area contributed by atoms with Crippen LogP contribution >= 0.6 is 11.6 Å². The molecule has 1 amide bonds. The molecule has 1 N–H and O–H groups in total. The zero-order valence-corrected chi connectivity index (χ0v) is 20.3. The molecule has 1 aliphatic rings. The van der Waals surface area contributed by atoms with Gasteiger partial charge in [0.05, 0.1) is 35.9 Å². The first kappa shape index (κ1) is 24.4. The summed E-state index contributed by atoms with van der Waals surface area (Å²) >= 11 is 6.02. The van der Waals surface area contributed by atoms with Gasteiger partial charge in [-0.05, 0) is 50.6 Å². The molecule has 2 aromatic carbocycles. The second kappa shape index (κ2) is 11.2. The summed E-state index contributed by atoms with van der Waals surface area (Å²) in [6.45, 7) is 8.97. The quantitative estimate of drug-likeness (QED) is 0.459. The summed E-state index contributed by atoms with van der Waals surface area (Å²) in [6, 6.07) is 10.1. The van der Waals surface area contributed by atoms with Crippen molar-refractivity contribution in [3.05, 3.63) is 47.2 Å². The highest BCUT2D eigenvalue weighted by atomic mass is 35.5. The van der Waals surface area contributed by atoms with Crippen LogP contribution in [0.3, 0.4) is 0 Å². The molecule has 1 aromatic heterocycles. The van der Waals surface area contributed by atoms with Gasteiger partial charge in [-0.15, -0.1) is 0 Å².